The van der Waals surface area contributed by atoms with Gasteiger partial charge in [-0.1, -0.05) is 52.3 Å². The molecular formula is C17H15BrN4O. The summed E-state index contributed by atoms with van der Waals surface area (Å²) in [6.07, 6.45) is 1.49. The molecular weight excluding hydrogens is 356 g/mol. The highest BCUT2D eigenvalue weighted by Crippen LogP contribution is 2.18. The summed E-state index contributed by atoms with van der Waals surface area (Å²) in [6, 6.07) is 17.3. The van der Waals surface area contributed by atoms with E-state index in [2.05, 4.69) is 26.1 Å². The number of carbonyl (C=O) groups excluding carboxylic acids is 1. The average molecular weight is 371 g/mol. The van der Waals surface area contributed by atoms with Crippen LogP contribution in [0.15, 0.2) is 65.3 Å². The first kappa shape index (κ1) is 15.4. The molecule has 0 bridgehead atoms. The molecule has 0 aliphatic carbocycles. The molecule has 2 aromatic carbocycles. The maximum Gasteiger partial charge on any atom is 0.276 e. The van der Waals surface area contributed by atoms with Gasteiger partial charge in [0.05, 0.1) is 11.9 Å². The van der Waals surface area contributed by atoms with E-state index in [1.165, 1.54) is 11.0 Å². The number of nitrogens with zero attached hydrogens (tertiary/aromatic N) is 4. The Morgan fingerprint density at radius 2 is 1.83 bits per heavy atom. The zero-order chi connectivity index (χ0) is 16.2. The minimum atomic E-state index is -0.164. The van der Waals surface area contributed by atoms with Gasteiger partial charge in [0.15, 0.2) is 5.69 Å². The first-order chi connectivity index (χ1) is 11.1. The number of hydrogen-bond acceptors (Lipinski definition) is 3. The third kappa shape index (κ3) is 3.48. The summed E-state index contributed by atoms with van der Waals surface area (Å²) in [7, 11) is 1.75. The summed E-state index contributed by atoms with van der Waals surface area (Å²) >= 11 is 3.49. The summed E-state index contributed by atoms with van der Waals surface area (Å²) in [5, 5.41) is 8.43. The molecule has 0 fully saturated rings. The lowest BCUT2D eigenvalue weighted by Crippen LogP contribution is -2.26. The molecule has 0 aliphatic heterocycles. The zero-order valence-electron chi connectivity index (χ0n) is 12.6. The molecule has 0 saturated heterocycles. The molecule has 0 radical (unpaired) electrons. The van der Waals surface area contributed by atoms with Gasteiger partial charge in [0.1, 0.15) is 0 Å². The van der Waals surface area contributed by atoms with E-state index in [1.54, 1.807) is 11.9 Å². The van der Waals surface area contributed by atoms with Crippen LogP contribution in [0, 0.1) is 0 Å². The van der Waals surface area contributed by atoms with E-state index in [4.69, 9.17) is 0 Å². The molecule has 3 rings (SSSR count). The largest absolute Gasteiger partial charge is 0.336 e. The van der Waals surface area contributed by atoms with Gasteiger partial charge in [0.25, 0.3) is 5.91 Å². The number of rotatable bonds is 4. The Morgan fingerprint density at radius 1 is 1.13 bits per heavy atom. The molecule has 0 saturated carbocycles. The maximum atomic E-state index is 12.5. The summed E-state index contributed by atoms with van der Waals surface area (Å²) in [4.78, 5) is 15.6. The van der Waals surface area contributed by atoms with Crippen molar-refractivity contribution in [2.75, 3.05) is 7.05 Å². The Morgan fingerprint density at radius 3 is 2.57 bits per heavy atom. The molecule has 0 spiro atoms. The van der Waals surface area contributed by atoms with Crippen molar-refractivity contribution < 1.29 is 4.79 Å². The molecule has 116 valence electrons. The predicted molar refractivity (Wildman–Crippen MR) is 91.3 cm³/mol. The quantitative estimate of drug-likeness (QED) is 0.707. The minimum absolute atomic E-state index is 0.164. The second-order valence-electron chi connectivity index (χ2n) is 5.11. The minimum Gasteiger partial charge on any atom is -0.336 e. The summed E-state index contributed by atoms with van der Waals surface area (Å²) in [5.41, 5.74) is 2.18. The molecule has 1 heterocycles. The van der Waals surface area contributed by atoms with Gasteiger partial charge in [0.2, 0.25) is 0 Å². The fourth-order valence-corrected chi connectivity index (χ4v) is 2.61. The molecule has 1 amide bonds. The van der Waals surface area contributed by atoms with Gasteiger partial charge in [-0.25, -0.2) is 0 Å². The maximum absolute atomic E-state index is 12.5. The van der Waals surface area contributed by atoms with Crippen LogP contribution >= 0.6 is 15.9 Å². The topological polar surface area (TPSA) is 51.0 Å². The lowest BCUT2D eigenvalue weighted by Gasteiger charge is -2.16. The number of aromatic nitrogens is 3. The van der Waals surface area contributed by atoms with Crippen LogP contribution in [0.3, 0.4) is 0 Å². The summed E-state index contributed by atoms with van der Waals surface area (Å²) < 4.78 is 0.979. The number of halogens is 1. The van der Waals surface area contributed by atoms with Crippen LogP contribution in [0.4, 0.5) is 0 Å². The highest BCUT2D eigenvalue weighted by Gasteiger charge is 2.17. The Bertz CT molecular complexity index is 816. The fourth-order valence-electron chi connectivity index (χ4n) is 2.20. The van der Waals surface area contributed by atoms with E-state index < -0.39 is 0 Å². The van der Waals surface area contributed by atoms with E-state index in [1.807, 2.05) is 54.6 Å². The fraction of sp³-hybridized carbons (Fsp3) is 0.118. The van der Waals surface area contributed by atoms with Gasteiger partial charge in [-0.15, -0.1) is 5.10 Å². The lowest BCUT2D eigenvalue weighted by atomic mass is 10.2. The van der Waals surface area contributed by atoms with Gasteiger partial charge < -0.3 is 4.90 Å². The average Bonchev–Trinajstić information content (AvgIpc) is 3.07. The third-order valence-electron chi connectivity index (χ3n) is 3.41. The van der Waals surface area contributed by atoms with Crippen LogP contribution in [-0.4, -0.2) is 32.8 Å². The molecule has 0 unspecified atom stereocenters. The molecule has 1 aromatic heterocycles. The predicted octanol–water partition coefficient (Wildman–Crippen LogP) is 3.30. The van der Waals surface area contributed by atoms with Crippen LogP contribution in [-0.2, 0) is 6.54 Å². The Labute approximate surface area is 142 Å². The number of carbonyl (C=O) groups is 1. The second-order valence-corrected chi connectivity index (χ2v) is 5.96. The van der Waals surface area contributed by atoms with Crippen molar-refractivity contribution in [1.29, 1.82) is 0 Å². The van der Waals surface area contributed by atoms with Crippen molar-refractivity contribution in [3.05, 3.63) is 76.5 Å². The molecule has 0 N–H and O–H groups in total. The SMILES string of the molecule is CN(Cc1ccccc1Br)C(=O)c1cnn(-c2ccccc2)n1. The highest BCUT2D eigenvalue weighted by molar-refractivity contribution is 9.10. The van der Waals surface area contributed by atoms with Crippen LogP contribution < -0.4 is 0 Å². The van der Waals surface area contributed by atoms with Gasteiger partial charge in [-0.3, -0.25) is 4.79 Å². The van der Waals surface area contributed by atoms with Crippen molar-refractivity contribution in [3.8, 4) is 5.69 Å². The summed E-state index contributed by atoms with van der Waals surface area (Å²) in [6.45, 7) is 0.498. The molecule has 0 aliphatic rings. The Balaban J connectivity index is 1.76. The molecule has 23 heavy (non-hydrogen) atoms. The van der Waals surface area contributed by atoms with Crippen molar-refractivity contribution in [2.24, 2.45) is 0 Å². The number of hydrogen-bond donors (Lipinski definition) is 0. The van der Waals surface area contributed by atoms with Gasteiger partial charge in [-0.05, 0) is 23.8 Å². The monoisotopic (exact) mass is 370 g/mol. The first-order valence-corrected chi connectivity index (χ1v) is 7.91. The smallest absolute Gasteiger partial charge is 0.276 e. The normalized spacial score (nSPS) is 10.5. The van der Waals surface area contributed by atoms with Crippen molar-refractivity contribution in [1.82, 2.24) is 19.9 Å². The van der Waals surface area contributed by atoms with Gasteiger partial charge >= 0.3 is 0 Å². The van der Waals surface area contributed by atoms with E-state index in [0.717, 1.165) is 15.7 Å². The van der Waals surface area contributed by atoms with Crippen molar-refractivity contribution in [2.45, 2.75) is 6.54 Å². The Hall–Kier alpha value is -2.47. The van der Waals surface area contributed by atoms with E-state index in [-0.39, 0.29) is 5.91 Å². The summed E-state index contributed by atoms with van der Waals surface area (Å²) in [5.74, 6) is -0.164. The number of amides is 1. The van der Waals surface area contributed by atoms with Crippen LogP contribution in [0.1, 0.15) is 16.1 Å². The van der Waals surface area contributed by atoms with Crippen molar-refractivity contribution in [3.63, 3.8) is 0 Å². The third-order valence-corrected chi connectivity index (χ3v) is 4.18. The van der Waals surface area contributed by atoms with Crippen LogP contribution in [0.2, 0.25) is 0 Å². The second kappa shape index (κ2) is 6.75. The van der Waals surface area contributed by atoms with Gasteiger partial charge in [0, 0.05) is 18.1 Å². The molecule has 5 nitrogen and oxygen atoms in total. The van der Waals surface area contributed by atoms with E-state index in [9.17, 15) is 4.79 Å². The molecule has 3 aromatic rings. The Kier molecular flexibility index (Phi) is 4.52. The first-order valence-electron chi connectivity index (χ1n) is 7.12. The zero-order valence-corrected chi connectivity index (χ0v) is 14.1. The van der Waals surface area contributed by atoms with Gasteiger partial charge in [-0.2, -0.15) is 9.90 Å². The molecule has 0 atom stereocenters. The standard InChI is InChI=1S/C17H15BrN4O/c1-21(12-13-7-5-6-10-15(13)18)17(23)16-11-19-22(20-16)14-8-3-2-4-9-14/h2-11H,12H2,1H3. The van der Waals surface area contributed by atoms with Crippen LogP contribution in [0.25, 0.3) is 5.69 Å². The van der Waals surface area contributed by atoms with Crippen molar-refractivity contribution >= 4 is 21.8 Å². The van der Waals surface area contributed by atoms with E-state index >= 15 is 0 Å². The highest BCUT2D eigenvalue weighted by atomic mass is 79.9. The van der Waals surface area contributed by atoms with Crippen LogP contribution in [0.5, 0.6) is 0 Å². The molecule has 6 heteroatoms. The number of benzene rings is 2. The van der Waals surface area contributed by atoms with E-state index in [0.29, 0.717) is 12.2 Å². The lowest BCUT2D eigenvalue weighted by molar-refractivity contribution is 0.0778. The number of para-hydroxylation sites is 1.